The standard InChI is InChI=1S/C11H13N3S2/c12-11(15)14-13-7-9-5-6-10(16-9)8-3-1-2-4-8/h1,3,5-8H,2,4H2,(H3,12,14,15)/b13-7+. The summed E-state index contributed by atoms with van der Waals surface area (Å²) in [6.45, 7) is 0. The molecular formula is C11H13N3S2. The van der Waals surface area contributed by atoms with Gasteiger partial charge in [-0.3, -0.25) is 5.43 Å². The highest BCUT2D eigenvalue weighted by atomic mass is 32.1. The van der Waals surface area contributed by atoms with E-state index in [2.05, 4.69) is 47.0 Å². The number of nitrogens with one attached hydrogen (secondary N) is 1. The highest BCUT2D eigenvalue weighted by molar-refractivity contribution is 7.80. The van der Waals surface area contributed by atoms with E-state index in [0.717, 1.165) is 4.88 Å². The molecule has 0 saturated heterocycles. The lowest BCUT2D eigenvalue weighted by Crippen LogP contribution is -2.23. The summed E-state index contributed by atoms with van der Waals surface area (Å²) in [5.41, 5.74) is 7.81. The van der Waals surface area contributed by atoms with Gasteiger partial charge < -0.3 is 5.73 Å². The van der Waals surface area contributed by atoms with Gasteiger partial charge in [0.15, 0.2) is 5.11 Å². The first-order valence-electron chi connectivity index (χ1n) is 5.10. The fourth-order valence-corrected chi connectivity index (χ4v) is 2.72. The summed E-state index contributed by atoms with van der Waals surface area (Å²) in [6, 6.07) is 4.23. The molecule has 0 fully saturated rings. The smallest absolute Gasteiger partial charge is 0.184 e. The van der Waals surface area contributed by atoms with E-state index in [4.69, 9.17) is 5.73 Å². The van der Waals surface area contributed by atoms with Crippen molar-refractivity contribution in [2.24, 2.45) is 10.8 Å². The van der Waals surface area contributed by atoms with Crippen LogP contribution in [0.5, 0.6) is 0 Å². The Labute approximate surface area is 104 Å². The van der Waals surface area contributed by atoms with Gasteiger partial charge in [0, 0.05) is 15.7 Å². The first-order valence-corrected chi connectivity index (χ1v) is 6.33. The van der Waals surface area contributed by atoms with Crippen LogP contribution in [0.1, 0.15) is 28.5 Å². The molecule has 0 amide bonds. The summed E-state index contributed by atoms with van der Waals surface area (Å²) in [7, 11) is 0. The molecule has 3 N–H and O–H groups in total. The third kappa shape index (κ3) is 2.90. The van der Waals surface area contributed by atoms with E-state index in [1.54, 1.807) is 17.6 Å². The fraction of sp³-hybridized carbons (Fsp3) is 0.273. The number of nitrogens with two attached hydrogens (primary N) is 1. The van der Waals surface area contributed by atoms with Gasteiger partial charge in [-0.1, -0.05) is 12.2 Å². The number of hydrogen-bond donors (Lipinski definition) is 2. The zero-order valence-electron chi connectivity index (χ0n) is 8.72. The first-order chi connectivity index (χ1) is 7.75. The predicted molar refractivity (Wildman–Crippen MR) is 72.9 cm³/mol. The van der Waals surface area contributed by atoms with Crippen LogP contribution in [0.2, 0.25) is 0 Å². The van der Waals surface area contributed by atoms with Crippen molar-refractivity contribution in [1.82, 2.24) is 5.43 Å². The third-order valence-electron chi connectivity index (χ3n) is 2.39. The molecule has 3 nitrogen and oxygen atoms in total. The molecular weight excluding hydrogens is 238 g/mol. The number of thiophene rings is 1. The molecule has 1 atom stereocenters. The van der Waals surface area contributed by atoms with Crippen molar-refractivity contribution in [3.63, 3.8) is 0 Å². The molecule has 1 unspecified atom stereocenters. The van der Waals surface area contributed by atoms with E-state index < -0.39 is 0 Å². The molecule has 0 aliphatic heterocycles. The average molecular weight is 251 g/mol. The van der Waals surface area contributed by atoms with Gasteiger partial charge in [0.1, 0.15) is 0 Å². The van der Waals surface area contributed by atoms with Gasteiger partial charge in [-0.05, 0) is 37.2 Å². The molecule has 5 heteroatoms. The number of thiocarbonyl (C=S) groups is 1. The van der Waals surface area contributed by atoms with Gasteiger partial charge >= 0.3 is 0 Å². The Morgan fingerprint density at radius 1 is 1.62 bits per heavy atom. The molecule has 0 aromatic carbocycles. The molecule has 0 saturated carbocycles. The van der Waals surface area contributed by atoms with Crippen LogP contribution in [-0.2, 0) is 0 Å². The minimum atomic E-state index is 0.187. The van der Waals surface area contributed by atoms with Crippen LogP contribution in [0.4, 0.5) is 0 Å². The van der Waals surface area contributed by atoms with Crippen LogP contribution in [0.3, 0.4) is 0 Å². The van der Waals surface area contributed by atoms with Crippen LogP contribution in [0.15, 0.2) is 29.4 Å². The number of rotatable bonds is 3. The summed E-state index contributed by atoms with van der Waals surface area (Å²) in [4.78, 5) is 2.50. The Morgan fingerprint density at radius 2 is 2.50 bits per heavy atom. The summed E-state index contributed by atoms with van der Waals surface area (Å²) >= 11 is 6.41. The monoisotopic (exact) mass is 251 g/mol. The molecule has 1 heterocycles. The zero-order chi connectivity index (χ0) is 11.4. The maximum absolute atomic E-state index is 5.26. The molecule has 0 spiro atoms. The first kappa shape index (κ1) is 11.3. The van der Waals surface area contributed by atoms with Crippen LogP contribution < -0.4 is 11.2 Å². The average Bonchev–Trinajstić information content (AvgIpc) is 2.85. The largest absolute Gasteiger partial charge is 0.375 e. The summed E-state index contributed by atoms with van der Waals surface area (Å²) in [5, 5.41) is 4.12. The van der Waals surface area contributed by atoms with Crippen molar-refractivity contribution < 1.29 is 0 Å². The van der Waals surface area contributed by atoms with Crippen LogP contribution in [0.25, 0.3) is 0 Å². The van der Waals surface area contributed by atoms with E-state index in [1.807, 2.05) is 0 Å². The van der Waals surface area contributed by atoms with Crippen molar-refractivity contribution in [1.29, 1.82) is 0 Å². The normalized spacial score (nSPS) is 19.4. The van der Waals surface area contributed by atoms with Gasteiger partial charge in [0.2, 0.25) is 0 Å². The summed E-state index contributed by atoms with van der Waals surface area (Å²) in [6.07, 6.45) is 8.68. The van der Waals surface area contributed by atoms with Crippen molar-refractivity contribution in [3.8, 4) is 0 Å². The van der Waals surface area contributed by atoms with E-state index in [9.17, 15) is 0 Å². The van der Waals surface area contributed by atoms with E-state index in [-0.39, 0.29) is 5.11 Å². The third-order valence-corrected chi connectivity index (χ3v) is 3.64. The van der Waals surface area contributed by atoms with E-state index in [1.165, 1.54) is 17.7 Å². The van der Waals surface area contributed by atoms with Gasteiger partial charge in [-0.2, -0.15) is 5.10 Å². The maximum atomic E-state index is 5.26. The quantitative estimate of drug-likeness (QED) is 0.375. The second kappa shape index (κ2) is 5.23. The number of nitrogens with zero attached hydrogens (tertiary/aromatic N) is 1. The number of allylic oxidation sites excluding steroid dienone is 2. The van der Waals surface area contributed by atoms with Gasteiger partial charge in [-0.15, -0.1) is 11.3 Å². The maximum Gasteiger partial charge on any atom is 0.184 e. The Kier molecular flexibility index (Phi) is 3.69. The van der Waals surface area contributed by atoms with Gasteiger partial charge in [-0.25, -0.2) is 0 Å². The van der Waals surface area contributed by atoms with Crippen molar-refractivity contribution in [2.45, 2.75) is 18.8 Å². The minimum Gasteiger partial charge on any atom is -0.375 e. The molecule has 16 heavy (non-hydrogen) atoms. The molecule has 1 aromatic heterocycles. The van der Waals surface area contributed by atoms with Gasteiger partial charge in [0.25, 0.3) is 0 Å². The Hall–Kier alpha value is -1.20. The van der Waals surface area contributed by atoms with Crippen molar-refractivity contribution >= 4 is 34.9 Å². The van der Waals surface area contributed by atoms with E-state index in [0.29, 0.717) is 5.92 Å². The summed E-state index contributed by atoms with van der Waals surface area (Å²) in [5.74, 6) is 0.593. The Bertz CT molecular complexity index is 434. The SMILES string of the molecule is NC(=S)N/N=C/c1ccc(C2C=CCC2)s1. The Balaban J connectivity index is 1.99. The Morgan fingerprint density at radius 3 is 3.19 bits per heavy atom. The summed E-state index contributed by atoms with van der Waals surface area (Å²) < 4.78 is 0. The minimum absolute atomic E-state index is 0.187. The number of hydrogen-bond acceptors (Lipinski definition) is 3. The lowest BCUT2D eigenvalue weighted by atomic mass is 10.1. The second-order valence-corrected chi connectivity index (χ2v) is 5.17. The molecule has 1 aliphatic carbocycles. The molecule has 0 bridgehead atoms. The molecule has 1 aromatic rings. The highest BCUT2D eigenvalue weighted by Gasteiger charge is 2.13. The highest BCUT2D eigenvalue weighted by Crippen LogP contribution is 2.32. The van der Waals surface area contributed by atoms with E-state index >= 15 is 0 Å². The van der Waals surface area contributed by atoms with Crippen LogP contribution >= 0.6 is 23.6 Å². The van der Waals surface area contributed by atoms with Crippen molar-refractivity contribution in [2.75, 3.05) is 0 Å². The lowest BCUT2D eigenvalue weighted by Gasteiger charge is -2.01. The number of hydrazone groups is 1. The van der Waals surface area contributed by atoms with Crippen LogP contribution in [0, 0.1) is 0 Å². The molecule has 0 radical (unpaired) electrons. The lowest BCUT2D eigenvalue weighted by molar-refractivity contribution is 0.815. The molecule has 2 rings (SSSR count). The second-order valence-electron chi connectivity index (χ2n) is 3.59. The predicted octanol–water partition coefficient (Wildman–Crippen LogP) is 2.35. The molecule has 1 aliphatic rings. The molecule has 84 valence electrons. The zero-order valence-corrected chi connectivity index (χ0v) is 10.4. The van der Waals surface area contributed by atoms with Gasteiger partial charge in [0.05, 0.1) is 6.21 Å². The van der Waals surface area contributed by atoms with Crippen LogP contribution in [-0.4, -0.2) is 11.3 Å². The topological polar surface area (TPSA) is 50.4 Å². The van der Waals surface area contributed by atoms with Crippen molar-refractivity contribution in [3.05, 3.63) is 34.0 Å². The fourth-order valence-electron chi connectivity index (χ4n) is 1.67.